The van der Waals surface area contributed by atoms with Gasteiger partial charge in [-0.1, -0.05) is 0 Å². The molecule has 0 aliphatic carbocycles. The molecule has 38 valence electrons. The van der Waals surface area contributed by atoms with Crippen LogP contribution < -0.4 is 0 Å². The van der Waals surface area contributed by atoms with E-state index in [1.54, 1.807) is 0 Å². The van der Waals surface area contributed by atoms with Crippen LogP contribution in [0.15, 0.2) is 0 Å². The van der Waals surface area contributed by atoms with Crippen LogP contribution in [-0.4, -0.2) is 59.6 Å². The van der Waals surface area contributed by atoms with Gasteiger partial charge in [0.1, 0.15) is 0 Å². The molecule has 4 N–H and O–H groups in total. The van der Waals surface area contributed by atoms with Crippen molar-refractivity contribution in [2.75, 3.05) is 0 Å². The van der Waals surface area contributed by atoms with Gasteiger partial charge in [0.25, 0.3) is 0 Å². The second kappa shape index (κ2) is 15.7. The van der Waals surface area contributed by atoms with Crippen molar-refractivity contribution in [1.29, 1.82) is 0 Å². The van der Waals surface area contributed by atoms with Crippen molar-refractivity contribution in [2.45, 2.75) is 0 Å². The van der Waals surface area contributed by atoms with E-state index in [0.717, 1.165) is 0 Å². The molecular weight excluding hydrogens is 181 g/mol. The van der Waals surface area contributed by atoms with Gasteiger partial charge in [-0.05, 0) is 0 Å². The molecule has 6 heteroatoms. The van der Waals surface area contributed by atoms with Gasteiger partial charge < -0.3 is 15.7 Å². The van der Waals surface area contributed by atoms with E-state index in [9.17, 15) is 0 Å². The molecule has 0 aromatic rings. The van der Waals surface area contributed by atoms with E-state index < -0.39 is 6.16 Å². The summed E-state index contributed by atoms with van der Waals surface area (Å²) in [6, 6.07) is 0. The zero-order chi connectivity index (χ0) is 3.58. The second-order valence-electron chi connectivity index (χ2n) is 0.283. The molecule has 0 aromatic carbocycles. The minimum absolute atomic E-state index is 0. The number of hydrogen-bond acceptors (Lipinski definition) is 1. The quantitative estimate of drug-likeness (QED) is 0.452. The first-order valence-electron chi connectivity index (χ1n) is 0.651. The Balaban J connectivity index is -0.0000000150. The third-order valence-electron chi connectivity index (χ3n) is 0. The molecule has 0 saturated carbocycles. The average Bonchev–Trinajstić information content (AvgIpc) is 0.811. The zero-order valence-corrected chi connectivity index (χ0v) is 5.98. The summed E-state index contributed by atoms with van der Waals surface area (Å²) in [6.07, 6.45) is -1.83. The van der Waals surface area contributed by atoms with E-state index in [1.807, 2.05) is 0 Å². The van der Waals surface area contributed by atoms with Crippen LogP contribution in [-0.2, 0) is 19.5 Å². The SMILES string of the molecule is O.O=C(O)O.[CaH2].[Zn]. The van der Waals surface area contributed by atoms with Crippen LogP contribution in [0.5, 0.6) is 0 Å². The van der Waals surface area contributed by atoms with Crippen LogP contribution in [0.25, 0.3) is 0 Å². The minimum Gasteiger partial charge on any atom is 0 e. The molecule has 0 fully saturated rings. The third kappa shape index (κ3) is 150. The number of carboxylic acid groups (broad SMARTS) is 2. The van der Waals surface area contributed by atoms with Crippen molar-refractivity contribution < 1.29 is 40.0 Å². The van der Waals surface area contributed by atoms with Crippen LogP contribution in [0.3, 0.4) is 0 Å². The van der Waals surface area contributed by atoms with Crippen LogP contribution in [0.4, 0.5) is 4.79 Å². The summed E-state index contributed by atoms with van der Waals surface area (Å²) in [5, 5.41) is 13.9. The summed E-state index contributed by atoms with van der Waals surface area (Å²) >= 11 is 0. The Morgan fingerprint density at radius 3 is 1.29 bits per heavy atom. The first-order valence-corrected chi connectivity index (χ1v) is 0.651. The first kappa shape index (κ1) is 24.3. The van der Waals surface area contributed by atoms with Crippen molar-refractivity contribution >= 4 is 43.9 Å². The molecule has 0 atom stereocenters. The summed E-state index contributed by atoms with van der Waals surface area (Å²) in [5.41, 5.74) is 0. The molecule has 7 heavy (non-hydrogen) atoms. The molecule has 0 bridgehead atoms. The van der Waals surface area contributed by atoms with Crippen LogP contribution in [0, 0.1) is 0 Å². The van der Waals surface area contributed by atoms with Gasteiger partial charge >= 0.3 is 43.9 Å². The van der Waals surface area contributed by atoms with Gasteiger partial charge in [0.2, 0.25) is 0 Å². The van der Waals surface area contributed by atoms with Crippen molar-refractivity contribution in [2.24, 2.45) is 0 Å². The molecule has 0 aliphatic rings. The summed E-state index contributed by atoms with van der Waals surface area (Å²) in [5.74, 6) is 0. The molecule has 0 spiro atoms. The molecule has 0 saturated heterocycles. The molecule has 0 amide bonds. The van der Waals surface area contributed by atoms with E-state index >= 15 is 0 Å². The molecule has 0 aromatic heterocycles. The van der Waals surface area contributed by atoms with E-state index in [4.69, 9.17) is 15.0 Å². The molecule has 0 heterocycles. The molecule has 0 unspecified atom stereocenters. The maximum atomic E-state index is 8.56. The predicted molar refractivity (Wildman–Crippen MR) is 22.8 cm³/mol. The van der Waals surface area contributed by atoms with Crippen molar-refractivity contribution in [3.8, 4) is 0 Å². The Hall–Kier alpha value is 1.11. The third-order valence-corrected chi connectivity index (χ3v) is 0. The van der Waals surface area contributed by atoms with Crippen molar-refractivity contribution in [1.82, 2.24) is 0 Å². The zero-order valence-electron chi connectivity index (χ0n) is 3.01. The van der Waals surface area contributed by atoms with E-state index in [-0.39, 0.29) is 62.7 Å². The van der Waals surface area contributed by atoms with Gasteiger partial charge in [0.15, 0.2) is 0 Å². The monoisotopic (exact) mass is 186 g/mol. The minimum atomic E-state index is -1.83. The van der Waals surface area contributed by atoms with Crippen molar-refractivity contribution in [3.05, 3.63) is 0 Å². The van der Waals surface area contributed by atoms with E-state index in [0.29, 0.717) is 0 Å². The summed E-state index contributed by atoms with van der Waals surface area (Å²) in [7, 11) is 0. The average molecular weight is 188 g/mol. The Kier molecular flexibility index (Phi) is 54.5. The summed E-state index contributed by atoms with van der Waals surface area (Å²) < 4.78 is 0. The van der Waals surface area contributed by atoms with Gasteiger partial charge in [0.05, 0.1) is 0 Å². The topological polar surface area (TPSA) is 89.0 Å². The second-order valence-corrected chi connectivity index (χ2v) is 0.283. The van der Waals surface area contributed by atoms with Gasteiger partial charge in [-0.3, -0.25) is 0 Å². The Labute approximate surface area is 83.0 Å². The Bertz CT molecular complexity index is 34.7. The summed E-state index contributed by atoms with van der Waals surface area (Å²) in [4.78, 5) is 8.56. The fourth-order valence-corrected chi connectivity index (χ4v) is 0. The van der Waals surface area contributed by atoms with Gasteiger partial charge in [-0.2, -0.15) is 0 Å². The number of rotatable bonds is 0. The Morgan fingerprint density at radius 2 is 1.29 bits per heavy atom. The molecule has 0 rings (SSSR count). The number of hydrogen-bond donors (Lipinski definition) is 2. The molecule has 4 nitrogen and oxygen atoms in total. The normalized spacial score (nSPS) is 3.43. The standard InChI is InChI=1S/CH2O3.Ca.H2O.Zn.2H/c2-1(3)4;;;;;/h(H2,2,3,4);;1H2;;;. The molecular formula is CH6CaO4Zn. The predicted octanol–water partition coefficient (Wildman–Crippen LogP) is -1.52. The van der Waals surface area contributed by atoms with Crippen LogP contribution >= 0.6 is 0 Å². The number of carbonyl (C=O) groups is 1. The fourth-order valence-electron chi connectivity index (χ4n) is 0. The molecule has 0 radical (unpaired) electrons. The molecule has 0 aliphatic heterocycles. The van der Waals surface area contributed by atoms with E-state index in [1.165, 1.54) is 0 Å². The van der Waals surface area contributed by atoms with Gasteiger partial charge in [-0.15, -0.1) is 0 Å². The maximum absolute atomic E-state index is 8.56. The smallest absolute Gasteiger partial charge is 0 e. The summed E-state index contributed by atoms with van der Waals surface area (Å²) in [6.45, 7) is 0. The first-order chi connectivity index (χ1) is 1.73. The Morgan fingerprint density at radius 1 is 1.29 bits per heavy atom. The van der Waals surface area contributed by atoms with Gasteiger partial charge in [0, 0.05) is 19.5 Å². The van der Waals surface area contributed by atoms with Crippen LogP contribution in [0.2, 0.25) is 0 Å². The maximum Gasteiger partial charge on any atom is 0 e. The largest absolute Gasteiger partial charge is 0 e. The van der Waals surface area contributed by atoms with Crippen LogP contribution in [0.1, 0.15) is 0 Å². The fraction of sp³-hybridized carbons (Fsp3) is 0. The van der Waals surface area contributed by atoms with Crippen molar-refractivity contribution in [3.63, 3.8) is 0 Å². The van der Waals surface area contributed by atoms with E-state index in [2.05, 4.69) is 0 Å². The van der Waals surface area contributed by atoms with Gasteiger partial charge in [-0.25, -0.2) is 4.79 Å².